The number of aromatic nitrogens is 1. The van der Waals surface area contributed by atoms with Gasteiger partial charge in [-0.15, -0.1) is 0 Å². The Kier molecular flexibility index (Phi) is 5.64. The third-order valence-corrected chi connectivity index (χ3v) is 7.93. The van der Waals surface area contributed by atoms with Gasteiger partial charge in [-0.1, -0.05) is 115 Å². The van der Waals surface area contributed by atoms with Crippen molar-refractivity contribution in [1.29, 1.82) is 0 Å². The lowest BCUT2D eigenvalue weighted by Gasteiger charge is -2.17. The molecule has 39 heavy (non-hydrogen) atoms. The second kappa shape index (κ2) is 9.45. The van der Waals surface area contributed by atoms with Crippen molar-refractivity contribution >= 4 is 21.7 Å². The van der Waals surface area contributed by atoms with Gasteiger partial charge in [0, 0.05) is 16.6 Å². The minimum absolute atomic E-state index is 1.17. The van der Waals surface area contributed by atoms with Crippen LogP contribution in [0, 0.1) is 13.8 Å². The van der Waals surface area contributed by atoms with Gasteiger partial charge in [0.1, 0.15) is 0 Å². The fourth-order valence-corrected chi connectivity index (χ4v) is 5.95. The predicted octanol–water partition coefficient (Wildman–Crippen LogP) is 10.4. The third kappa shape index (κ3) is 3.95. The minimum atomic E-state index is 1.17. The van der Waals surface area contributed by atoms with Gasteiger partial charge in [-0.05, 0) is 82.3 Å². The first-order valence-electron chi connectivity index (χ1n) is 13.5. The van der Waals surface area contributed by atoms with Crippen LogP contribution in [0.1, 0.15) is 11.1 Å². The van der Waals surface area contributed by atoms with Gasteiger partial charge < -0.3 is 4.57 Å². The Labute approximate surface area is 229 Å². The maximum absolute atomic E-state index is 2.46. The average molecular weight is 500 g/mol. The van der Waals surface area contributed by atoms with Crippen molar-refractivity contribution in [2.45, 2.75) is 13.8 Å². The lowest BCUT2D eigenvalue weighted by atomic mass is 9.94. The zero-order valence-corrected chi connectivity index (χ0v) is 22.2. The van der Waals surface area contributed by atoms with Crippen LogP contribution in [0.25, 0.3) is 60.9 Å². The Morgan fingerprint density at radius 2 is 1.05 bits per heavy atom. The average Bonchev–Trinajstić information content (AvgIpc) is 3.29. The summed E-state index contributed by atoms with van der Waals surface area (Å²) in [7, 11) is 0. The summed E-state index contributed by atoms with van der Waals surface area (Å²) < 4.78 is 2.46. The number of fused-ring (bicyclic) bond motifs is 2. The molecule has 6 aromatic carbocycles. The largest absolute Gasteiger partial charge is 0.309 e. The van der Waals surface area contributed by atoms with E-state index in [0.717, 1.165) is 0 Å². The number of hydrogen-bond acceptors (Lipinski definition) is 0. The van der Waals surface area contributed by atoms with E-state index in [1.807, 2.05) is 0 Å². The summed E-state index contributed by atoms with van der Waals surface area (Å²) in [6, 6.07) is 50.4. The molecule has 0 unspecified atom stereocenters. The highest BCUT2D eigenvalue weighted by atomic mass is 15.0. The predicted molar refractivity (Wildman–Crippen MR) is 167 cm³/mol. The van der Waals surface area contributed by atoms with E-state index < -0.39 is 0 Å². The van der Waals surface area contributed by atoms with Crippen LogP contribution in [0.5, 0.6) is 0 Å². The van der Waals surface area contributed by atoms with Crippen molar-refractivity contribution in [3.8, 4) is 39.2 Å². The van der Waals surface area contributed by atoms with Crippen LogP contribution in [0.4, 0.5) is 0 Å². The van der Waals surface area contributed by atoms with Crippen LogP contribution in [0.2, 0.25) is 0 Å². The second-order valence-electron chi connectivity index (χ2n) is 10.3. The van der Waals surface area contributed by atoms with Crippen molar-refractivity contribution < 1.29 is 0 Å². The molecule has 0 aliphatic heterocycles. The molecule has 1 aromatic heterocycles. The first-order valence-corrected chi connectivity index (χ1v) is 13.5. The summed E-state index contributed by atoms with van der Waals surface area (Å²) in [4.78, 5) is 0. The smallest absolute Gasteiger partial charge is 0.0579 e. The molecule has 0 aliphatic carbocycles. The fraction of sp³-hybridized carbons (Fsp3) is 0.0526. The summed E-state index contributed by atoms with van der Waals surface area (Å²) in [6.07, 6.45) is 0. The van der Waals surface area contributed by atoms with Crippen molar-refractivity contribution in [3.05, 3.63) is 151 Å². The molecule has 0 bridgehead atoms. The summed E-state index contributed by atoms with van der Waals surface area (Å²) in [5.74, 6) is 0. The van der Waals surface area contributed by atoms with Crippen LogP contribution in [0.15, 0.2) is 140 Å². The Balaban J connectivity index is 1.52. The first kappa shape index (κ1) is 23.3. The molecule has 0 radical (unpaired) electrons. The molecule has 0 fully saturated rings. The monoisotopic (exact) mass is 499 g/mol. The number of aryl methyl sites for hydroxylation is 2. The molecule has 0 atom stereocenters. The minimum Gasteiger partial charge on any atom is -0.309 e. The molecule has 0 saturated carbocycles. The topological polar surface area (TPSA) is 4.93 Å². The molecule has 0 aliphatic rings. The van der Waals surface area contributed by atoms with Crippen molar-refractivity contribution in [2.75, 3.05) is 0 Å². The summed E-state index contributed by atoms with van der Waals surface area (Å²) >= 11 is 0. The lowest BCUT2D eigenvalue weighted by Crippen LogP contribution is -1.99. The Morgan fingerprint density at radius 1 is 0.462 bits per heavy atom. The van der Waals surface area contributed by atoms with Crippen LogP contribution >= 0.6 is 0 Å². The van der Waals surface area contributed by atoms with Crippen LogP contribution < -0.4 is 0 Å². The van der Waals surface area contributed by atoms with Gasteiger partial charge in [-0.25, -0.2) is 0 Å². The zero-order chi connectivity index (χ0) is 26.3. The van der Waals surface area contributed by atoms with Gasteiger partial charge in [0.15, 0.2) is 0 Å². The Hall–Kier alpha value is -4.88. The van der Waals surface area contributed by atoms with E-state index in [1.165, 1.54) is 72.0 Å². The summed E-state index contributed by atoms with van der Waals surface area (Å²) in [6.45, 7) is 4.51. The van der Waals surface area contributed by atoms with E-state index in [-0.39, 0.29) is 0 Å². The van der Waals surface area contributed by atoms with Gasteiger partial charge >= 0.3 is 0 Å². The van der Waals surface area contributed by atoms with Crippen LogP contribution in [0.3, 0.4) is 0 Å². The van der Waals surface area contributed by atoms with E-state index in [2.05, 4.69) is 158 Å². The Morgan fingerprint density at radius 3 is 1.77 bits per heavy atom. The molecule has 186 valence electrons. The van der Waals surface area contributed by atoms with E-state index in [0.29, 0.717) is 0 Å². The van der Waals surface area contributed by atoms with Gasteiger partial charge in [0.2, 0.25) is 0 Å². The number of benzene rings is 6. The first-order chi connectivity index (χ1) is 19.2. The molecule has 0 saturated heterocycles. The number of rotatable bonds is 4. The molecule has 0 spiro atoms. The molecular formula is C38H29N. The van der Waals surface area contributed by atoms with E-state index >= 15 is 0 Å². The normalized spacial score (nSPS) is 11.3. The van der Waals surface area contributed by atoms with E-state index in [9.17, 15) is 0 Å². The summed E-state index contributed by atoms with van der Waals surface area (Å²) in [5, 5.41) is 3.83. The highest BCUT2D eigenvalue weighted by Crippen LogP contribution is 2.42. The van der Waals surface area contributed by atoms with Gasteiger partial charge in [0.25, 0.3) is 0 Å². The van der Waals surface area contributed by atoms with Crippen LogP contribution in [-0.2, 0) is 0 Å². The molecule has 1 heteroatoms. The standard InChI is InChI=1S/C38H29N/c1-26-17-18-31-15-9-10-16-34(31)37(26)38-27(2)35-25-32(29-13-7-4-8-14-29)21-24-36(35)39(38)33-22-19-30(20-23-33)28-11-5-3-6-12-28/h3-25H,1-2H3. The maximum atomic E-state index is 2.46. The van der Waals surface area contributed by atoms with Crippen molar-refractivity contribution in [1.82, 2.24) is 4.57 Å². The fourth-order valence-electron chi connectivity index (χ4n) is 5.95. The molecule has 7 rings (SSSR count). The summed E-state index contributed by atoms with van der Waals surface area (Å²) in [5.41, 5.74) is 12.5. The zero-order valence-electron chi connectivity index (χ0n) is 22.2. The highest BCUT2D eigenvalue weighted by molar-refractivity contribution is 6.04. The SMILES string of the molecule is Cc1ccc2ccccc2c1-c1c(C)c2cc(-c3ccccc3)ccc2n1-c1ccc(-c2ccccc2)cc1. The van der Waals surface area contributed by atoms with Gasteiger partial charge in [0.05, 0.1) is 11.2 Å². The lowest BCUT2D eigenvalue weighted by molar-refractivity contribution is 1.12. The van der Waals surface area contributed by atoms with E-state index in [4.69, 9.17) is 0 Å². The Bertz CT molecular complexity index is 1940. The quantitative estimate of drug-likeness (QED) is 0.227. The van der Waals surface area contributed by atoms with E-state index in [1.54, 1.807) is 0 Å². The third-order valence-electron chi connectivity index (χ3n) is 7.93. The maximum Gasteiger partial charge on any atom is 0.0579 e. The van der Waals surface area contributed by atoms with Crippen molar-refractivity contribution in [3.63, 3.8) is 0 Å². The van der Waals surface area contributed by atoms with Crippen molar-refractivity contribution in [2.24, 2.45) is 0 Å². The van der Waals surface area contributed by atoms with Gasteiger partial charge in [-0.2, -0.15) is 0 Å². The molecule has 1 heterocycles. The molecule has 0 amide bonds. The molecular weight excluding hydrogens is 470 g/mol. The molecule has 0 N–H and O–H groups in total. The molecule has 1 nitrogen and oxygen atoms in total. The van der Waals surface area contributed by atoms with Gasteiger partial charge in [-0.3, -0.25) is 0 Å². The number of hydrogen-bond donors (Lipinski definition) is 0. The second-order valence-corrected chi connectivity index (χ2v) is 10.3. The highest BCUT2D eigenvalue weighted by Gasteiger charge is 2.21. The number of nitrogens with zero attached hydrogens (tertiary/aromatic N) is 1. The van der Waals surface area contributed by atoms with Crippen LogP contribution in [-0.4, -0.2) is 4.57 Å². The molecule has 7 aromatic rings.